The van der Waals surface area contributed by atoms with Crippen LogP contribution in [0.4, 0.5) is 0 Å². The topological polar surface area (TPSA) is 9.23 Å². The van der Waals surface area contributed by atoms with Gasteiger partial charge in [-0.05, 0) is 35.2 Å². The van der Waals surface area contributed by atoms with Gasteiger partial charge in [-0.2, -0.15) is 0 Å². The summed E-state index contributed by atoms with van der Waals surface area (Å²) < 4.78 is 6.93. The molecule has 0 aromatic heterocycles. The van der Waals surface area contributed by atoms with Gasteiger partial charge in [0.25, 0.3) is 0 Å². The molecular weight excluding hydrogens is 336 g/mol. The van der Waals surface area contributed by atoms with Crippen LogP contribution in [0.5, 0.6) is 5.75 Å². The molecule has 0 atom stereocenters. The Bertz CT molecular complexity index is 723. The van der Waals surface area contributed by atoms with Gasteiger partial charge in [0, 0.05) is 4.47 Å². The summed E-state index contributed by atoms with van der Waals surface area (Å²) in [6.07, 6.45) is 0.917. The molecule has 0 N–H and O–H groups in total. The smallest absolute Gasteiger partial charge is 0.120 e. The second-order valence-corrected chi connectivity index (χ2v) is 6.04. The molecule has 22 heavy (non-hydrogen) atoms. The van der Waals surface area contributed by atoms with Gasteiger partial charge in [0.2, 0.25) is 0 Å². The molecule has 0 saturated carbocycles. The van der Waals surface area contributed by atoms with E-state index in [1.165, 1.54) is 16.7 Å². The highest BCUT2D eigenvalue weighted by Gasteiger charge is 2.04. The zero-order valence-corrected chi connectivity index (χ0v) is 13.8. The van der Waals surface area contributed by atoms with E-state index in [2.05, 4.69) is 58.4 Å². The molecule has 2 heteroatoms. The number of ether oxygens (including phenoxy) is 1. The lowest BCUT2D eigenvalue weighted by Crippen LogP contribution is -1.96. The van der Waals surface area contributed by atoms with Crippen molar-refractivity contribution >= 4 is 15.9 Å². The van der Waals surface area contributed by atoms with Crippen LogP contribution in [0.3, 0.4) is 0 Å². The van der Waals surface area contributed by atoms with Crippen LogP contribution in [0, 0.1) is 0 Å². The highest BCUT2D eigenvalue weighted by molar-refractivity contribution is 9.10. The maximum absolute atomic E-state index is 5.85. The summed E-state index contributed by atoms with van der Waals surface area (Å²) in [4.78, 5) is 0. The highest BCUT2D eigenvalue weighted by atomic mass is 79.9. The van der Waals surface area contributed by atoms with E-state index >= 15 is 0 Å². The summed E-state index contributed by atoms with van der Waals surface area (Å²) in [5.74, 6) is 0.882. The molecule has 3 aromatic rings. The number of hydrogen-bond donors (Lipinski definition) is 0. The number of benzene rings is 3. The Morgan fingerprint density at radius 3 is 2.00 bits per heavy atom. The first kappa shape index (κ1) is 14.9. The van der Waals surface area contributed by atoms with Gasteiger partial charge in [0.15, 0.2) is 0 Å². The average molecular weight is 353 g/mol. The first-order valence-corrected chi connectivity index (χ1v) is 8.09. The molecule has 0 saturated heterocycles. The number of rotatable bonds is 5. The quantitative estimate of drug-likeness (QED) is 0.579. The summed E-state index contributed by atoms with van der Waals surface area (Å²) in [6.45, 7) is 0.589. The van der Waals surface area contributed by atoms with E-state index in [0.29, 0.717) is 6.61 Å². The number of halogens is 1. The molecule has 0 aliphatic heterocycles. The van der Waals surface area contributed by atoms with E-state index in [4.69, 9.17) is 4.74 Å². The first-order valence-electron chi connectivity index (χ1n) is 7.30. The zero-order valence-electron chi connectivity index (χ0n) is 12.2. The van der Waals surface area contributed by atoms with Gasteiger partial charge in [0.05, 0.1) is 0 Å². The normalized spacial score (nSPS) is 10.4. The first-order chi connectivity index (χ1) is 10.8. The van der Waals surface area contributed by atoms with E-state index in [-0.39, 0.29) is 0 Å². The van der Waals surface area contributed by atoms with Crippen molar-refractivity contribution in [3.8, 4) is 5.75 Å². The third-order valence-corrected chi connectivity index (χ3v) is 4.25. The third-order valence-electron chi connectivity index (χ3n) is 3.51. The monoisotopic (exact) mass is 352 g/mol. The molecule has 0 unspecified atom stereocenters. The Balaban J connectivity index is 1.67. The van der Waals surface area contributed by atoms with E-state index in [0.717, 1.165) is 16.6 Å². The fourth-order valence-electron chi connectivity index (χ4n) is 2.32. The van der Waals surface area contributed by atoms with Crippen molar-refractivity contribution in [3.05, 3.63) is 100 Å². The van der Waals surface area contributed by atoms with Gasteiger partial charge < -0.3 is 4.74 Å². The summed E-state index contributed by atoms with van der Waals surface area (Å²) in [5.41, 5.74) is 3.74. The molecule has 0 aliphatic rings. The van der Waals surface area contributed by atoms with Crippen molar-refractivity contribution < 1.29 is 4.74 Å². The molecule has 0 fully saturated rings. The van der Waals surface area contributed by atoms with Crippen molar-refractivity contribution in [1.82, 2.24) is 0 Å². The second kappa shape index (κ2) is 7.28. The summed E-state index contributed by atoms with van der Waals surface area (Å²) in [7, 11) is 0. The van der Waals surface area contributed by atoms with Crippen LogP contribution in [0.15, 0.2) is 83.3 Å². The Hall–Kier alpha value is -2.06. The second-order valence-electron chi connectivity index (χ2n) is 5.19. The molecule has 0 aliphatic carbocycles. The molecular formula is C20H17BrO. The predicted molar refractivity (Wildman–Crippen MR) is 94.2 cm³/mol. The van der Waals surface area contributed by atoms with Gasteiger partial charge in [-0.15, -0.1) is 0 Å². The van der Waals surface area contributed by atoms with Gasteiger partial charge >= 0.3 is 0 Å². The molecule has 3 rings (SSSR count). The molecule has 0 spiro atoms. The molecule has 1 nitrogen and oxygen atoms in total. The van der Waals surface area contributed by atoms with Crippen molar-refractivity contribution in [1.29, 1.82) is 0 Å². The van der Waals surface area contributed by atoms with Crippen LogP contribution < -0.4 is 4.74 Å². The average Bonchev–Trinajstić information content (AvgIpc) is 2.57. The van der Waals surface area contributed by atoms with E-state index < -0.39 is 0 Å². The van der Waals surface area contributed by atoms with Crippen molar-refractivity contribution in [2.24, 2.45) is 0 Å². The lowest BCUT2D eigenvalue weighted by Gasteiger charge is -2.10. The predicted octanol–water partition coefficient (Wildman–Crippen LogP) is 5.62. The molecule has 3 aromatic carbocycles. The van der Waals surface area contributed by atoms with Gasteiger partial charge in [-0.1, -0.05) is 82.7 Å². The lowest BCUT2D eigenvalue weighted by atomic mass is 10.1. The maximum atomic E-state index is 5.85. The Labute approximate surface area is 139 Å². The van der Waals surface area contributed by atoms with Crippen LogP contribution in [0.2, 0.25) is 0 Å². The fourth-order valence-corrected chi connectivity index (χ4v) is 2.82. The third kappa shape index (κ3) is 3.99. The van der Waals surface area contributed by atoms with Gasteiger partial charge in [0.1, 0.15) is 12.4 Å². The highest BCUT2D eigenvalue weighted by Crippen LogP contribution is 2.25. The molecule has 0 heterocycles. The van der Waals surface area contributed by atoms with Crippen LogP contribution in [0.25, 0.3) is 0 Å². The van der Waals surface area contributed by atoms with E-state index in [1.807, 2.05) is 36.4 Å². The van der Waals surface area contributed by atoms with Crippen LogP contribution in [-0.4, -0.2) is 0 Å². The fraction of sp³-hybridized carbons (Fsp3) is 0.100. The lowest BCUT2D eigenvalue weighted by molar-refractivity contribution is 0.306. The zero-order chi connectivity index (χ0) is 15.2. The van der Waals surface area contributed by atoms with Gasteiger partial charge in [-0.25, -0.2) is 0 Å². The van der Waals surface area contributed by atoms with E-state index in [1.54, 1.807) is 0 Å². The minimum absolute atomic E-state index is 0.589. The molecule has 0 radical (unpaired) electrons. The maximum Gasteiger partial charge on any atom is 0.120 e. The summed E-state index contributed by atoms with van der Waals surface area (Å²) in [6, 6.07) is 26.9. The Kier molecular flexibility index (Phi) is 4.92. The van der Waals surface area contributed by atoms with Crippen LogP contribution in [-0.2, 0) is 13.0 Å². The molecule has 0 amide bonds. The minimum atomic E-state index is 0.589. The molecule has 0 bridgehead atoms. The van der Waals surface area contributed by atoms with Crippen molar-refractivity contribution in [2.45, 2.75) is 13.0 Å². The Morgan fingerprint density at radius 1 is 0.727 bits per heavy atom. The minimum Gasteiger partial charge on any atom is -0.489 e. The largest absolute Gasteiger partial charge is 0.489 e. The van der Waals surface area contributed by atoms with Crippen molar-refractivity contribution in [3.63, 3.8) is 0 Å². The Morgan fingerprint density at radius 2 is 1.36 bits per heavy atom. The molecule has 110 valence electrons. The SMILES string of the molecule is Brc1cc(OCc2ccccc2)ccc1Cc1ccccc1. The summed E-state index contributed by atoms with van der Waals surface area (Å²) in [5, 5.41) is 0. The van der Waals surface area contributed by atoms with Crippen LogP contribution in [0.1, 0.15) is 16.7 Å². The van der Waals surface area contributed by atoms with Gasteiger partial charge in [-0.3, -0.25) is 0 Å². The standard InChI is InChI=1S/C20H17BrO/c21-20-14-19(22-15-17-9-5-2-6-10-17)12-11-18(20)13-16-7-3-1-4-8-16/h1-12,14H,13,15H2. The number of hydrogen-bond acceptors (Lipinski definition) is 1. The van der Waals surface area contributed by atoms with Crippen molar-refractivity contribution in [2.75, 3.05) is 0 Å². The summed E-state index contributed by atoms with van der Waals surface area (Å²) >= 11 is 3.65. The van der Waals surface area contributed by atoms with Crippen LogP contribution >= 0.6 is 15.9 Å². The van der Waals surface area contributed by atoms with E-state index in [9.17, 15) is 0 Å².